The number of hydrogen-bond acceptors (Lipinski definition) is 2. The zero-order valence-electron chi connectivity index (χ0n) is 6.21. The van der Waals surface area contributed by atoms with Crippen molar-refractivity contribution < 1.29 is 13.4 Å². The van der Waals surface area contributed by atoms with Gasteiger partial charge in [0.15, 0.2) is 0 Å². The van der Waals surface area contributed by atoms with Crippen LogP contribution in [-0.4, -0.2) is 67.7 Å². The Morgan fingerprint density at radius 1 is 1.30 bits per heavy atom. The summed E-state index contributed by atoms with van der Waals surface area (Å²) in [5.41, 5.74) is 0. The number of thiol groups is 1. The normalized spacial score (nSPS) is 18.3. The Kier molecular flexibility index (Phi) is 5.90. The van der Waals surface area contributed by atoms with Crippen LogP contribution < -0.4 is 0 Å². The fourth-order valence-electron chi connectivity index (χ4n) is 0.312. The molecule has 0 radical (unpaired) electrons. The van der Waals surface area contributed by atoms with Crippen LogP contribution in [-0.2, 0) is 8.54 Å². The summed E-state index contributed by atoms with van der Waals surface area (Å²) in [6, 6.07) is 0. The minimum atomic E-state index is -2.74. The third kappa shape index (κ3) is 12.4. The van der Waals surface area contributed by atoms with E-state index >= 15 is 0 Å². The summed E-state index contributed by atoms with van der Waals surface area (Å²) < 4.78 is 15.1. The van der Waals surface area contributed by atoms with Crippen LogP contribution in [0.5, 0.6) is 0 Å². The third-order valence-electron chi connectivity index (χ3n) is 0.443. The molecule has 0 amide bonds. The predicted octanol–water partition coefficient (Wildman–Crippen LogP) is -0.0244. The van der Waals surface area contributed by atoms with E-state index < -0.39 is 17.7 Å². The van der Waals surface area contributed by atoms with Crippen molar-refractivity contribution >= 4 is 55.4 Å². The fraction of sp³-hybridized carbons (Fsp3) is 1.00. The van der Waals surface area contributed by atoms with Gasteiger partial charge in [-0.25, -0.2) is 9.44 Å². The van der Waals surface area contributed by atoms with Crippen LogP contribution in [0.1, 0.15) is 0 Å². The van der Waals surface area contributed by atoms with E-state index in [1.54, 1.807) is 0 Å². The van der Waals surface area contributed by atoms with Crippen LogP contribution in [0.2, 0.25) is 0 Å². The zero-order valence-corrected chi connectivity index (χ0v) is 8.11. The molecule has 0 aromatic heterocycles. The van der Waals surface area contributed by atoms with Crippen LogP contribution in [0.4, 0.5) is 0 Å². The quantitative estimate of drug-likeness (QED) is 0.387. The monoisotopic (exact) mass is 216 g/mol. The first-order valence-corrected chi connectivity index (χ1v) is 7.81. The molecule has 0 aromatic carbocycles. The van der Waals surface area contributed by atoms with E-state index in [0.29, 0.717) is 0 Å². The van der Waals surface area contributed by atoms with Gasteiger partial charge >= 0.3 is 46.0 Å². The van der Waals surface area contributed by atoms with Gasteiger partial charge in [-0.15, -0.1) is 0 Å². The summed E-state index contributed by atoms with van der Waals surface area (Å²) in [6.07, 6.45) is 7.52. The van der Waals surface area contributed by atoms with E-state index in [9.17, 15) is 4.57 Å². The topological polar surface area (TPSA) is 46.5 Å². The molecule has 0 rings (SSSR count). The third-order valence-corrected chi connectivity index (χ3v) is 3.99. The van der Waals surface area contributed by atoms with Crippen molar-refractivity contribution in [2.24, 2.45) is 0 Å². The Morgan fingerprint density at radius 2 is 1.60 bits per heavy atom. The van der Waals surface area contributed by atoms with Gasteiger partial charge in [-0.05, 0) is 25.0 Å². The molecule has 0 heterocycles. The van der Waals surface area contributed by atoms with Gasteiger partial charge in [-0.3, -0.25) is 8.54 Å². The Balaban J connectivity index is 0. The summed E-state index contributed by atoms with van der Waals surface area (Å²) in [7, 11) is -4.93. The van der Waals surface area contributed by atoms with Crippen molar-refractivity contribution in [2.45, 2.75) is 0 Å². The molecule has 6 heteroatoms. The molecule has 0 aliphatic carbocycles. The average Bonchev–Trinajstić information content (AvgIpc) is 1.16. The summed E-state index contributed by atoms with van der Waals surface area (Å²) in [6.45, 7) is 0. The molecule has 0 aliphatic heterocycles. The first-order valence-electron chi connectivity index (χ1n) is 2.60. The van der Waals surface area contributed by atoms with Gasteiger partial charge < -0.3 is 4.89 Å². The Bertz CT molecular complexity index is 132. The van der Waals surface area contributed by atoms with Gasteiger partial charge in [0.1, 0.15) is 0 Å². The van der Waals surface area contributed by atoms with Crippen LogP contribution in [0.15, 0.2) is 0 Å². The molecular formula is C4H17CaO3PS. The van der Waals surface area contributed by atoms with E-state index in [0.717, 1.165) is 0 Å². The molecule has 0 aromatic rings. The second-order valence-electron chi connectivity index (χ2n) is 3.77. The molecule has 1 unspecified atom stereocenters. The molecule has 0 saturated heterocycles. The molecule has 0 aliphatic rings. The second-order valence-corrected chi connectivity index (χ2v) is 11.9. The van der Waals surface area contributed by atoms with Crippen LogP contribution in [0.25, 0.3) is 0 Å². The van der Waals surface area contributed by atoms with Gasteiger partial charge in [0.25, 0.3) is 0 Å². The standard InChI is InChI=1S/C4H15O3PS.Ca.2H/c1-9(2,3,4)7-8(5)6;;;/h8-9H,1-4H3,(H,5,6);;;. The van der Waals surface area contributed by atoms with Crippen LogP contribution >= 0.6 is 17.7 Å². The molecule has 0 bridgehead atoms. The minimum absolute atomic E-state index is 0. The fourth-order valence-corrected chi connectivity index (χ4v) is 2.81. The van der Waals surface area contributed by atoms with Gasteiger partial charge in [0.05, 0.1) is 0 Å². The van der Waals surface area contributed by atoms with Gasteiger partial charge in [-0.1, -0.05) is 0 Å². The van der Waals surface area contributed by atoms with Crippen molar-refractivity contribution in [3.63, 3.8) is 0 Å². The first kappa shape index (κ1) is 14.3. The van der Waals surface area contributed by atoms with E-state index in [1.807, 2.05) is 25.0 Å². The van der Waals surface area contributed by atoms with E-state index in [2.05, 4.69) is 0 Å². The second kappa shape index (κ2) is 4.13. The molecule has 1 atom stereocenters. The first-order chi connectivity index (χ1) is 3.67. The van der Waals surface area contributed by atoms with Crippen molar-refractivity contribution in [3.8, 4) is 0 Å². The molecule has 0 fully saturated rings. The van der Waals surface area contributed by atoms with Crippen molar-refractivity contribution in [1.82, 2.24) is 0 Å². The summed E-state index contributed by atoms with van der Waals surface area (Å²) in [5.74, 6) is 0. The van der Waals surface area contributed by atoms with Crippen LogP contribution in [0.3, 0.4) is 0 Å². The summed E-state index contributed by atoms with van der Waals surface area (Å²) >= 11 is 0. The molecule has 0 spiro atoms. The summed E-state index contributed by atoms with van der Waals surface area (Å²) in [4.78, 5) is 8.41. The Hall–Kier alpha value is 1.76. The summed E-state index contributed by atoms with van der Waals surface area (Å²) in [5, 5.41) is 0. The number of rotatable bonds is 2. The molecule has 3 nitrogen and oxygen atoms in total. The maximum absolute atomic E-state index is 10.2. The van der Waals surface area contributed by atoms with E-state index in [1.165, 1.54) is 0 Å². The van der Waals surface area contributed by atoms with Gasteiger partial charge in [0.2, 0.25) is 0 Å². The van der Waals surface area contributed by atoms with Gasteiger partial charge in [0, 0.05) is 0 Å². The SMILES string of the molecule is C[SH](C)(C)(C)O[PH](=O)O.[CaH2]. The maximum atomic E-state index is 10.2. The van der Waals surface area contributed by atoms with Crippen molar-refractivity contribution in [3.05, 3.63) is 0 Å². The zero-order chi connectivity index (χ0) is 7.73. The van der Waals surface area contributed by atoms with E-state index in [4.69, 9.17) is 8.86 Å². The Labute approximate surface area is 93.0 Å². The van der Waals surface area contributed by atoms with E-state index in [-0.39, 0.29) is 37.7 Å². The van der Waals surface area contributed by atoms with Crippen molar-refractivity contribution in [2.75, 3.05) is 25.0 Å². The van der Waals surface area contributed by atoms with Crippen molar-refractivity contribution in [1.29, 1.82) is 0 Å². The van der Waals surface area contributed by atoms with Gasteiger partial charge in [-0.2, -0.15) is 0 Å². The number of hydrogen-bond donors (Lipinski definition) is 2. The molecule has 10 heavy (non-hydrogen) atoms. The van der Waals surface area contributed by atoms with Crippen LogP contribution in [0, 0.1) is 0 Å². The molecule has 0 saturated carbocycles. The predicted molar refractivity (Wildman–Crippen MR) is 53.5 cm³/mol. The molecular weight excluding hydrogens is 199 g/mol. The Morgan fingerprint density at radius 3 is 1.60 bits per heavy atom. The average molecular weight is 216 g/mol. The molecule has 64 valence electrons. The molecule has 1 N–H and O–H groups in total.